The smallest absolute Gasteiger partial charge is 0.0600 e. The van der Waals surface area contributed by atoms with Gasteiger partial charge in [0, 0.05) is 11.9 Å². The van der Waals surface area contributed by atoms with Gasteiger partial charge in [-0.25, -0.2) is 4.68 Å². The van der Waals surface area contributed by atoms with Gasteiger partial charge in [-0.3, -0.25) is 0 Å². The average molecular weight is 232 g/mol. The predicted octanol–water partition coefficient (Wildman–Crippen LogP) is 4.50. The number of aromatic nitrogens is 2. The molecule has 1 aromatic heterocycles. The molecule has 0 N–H and O–H groups in total. The fourth-order valence-electron chi connectivity index (χ4n) is 1.84. The van der Waals surface area contributed by atoms with Crippen LogP contribution in [0.5, 0.6) is 0 Å². The molecule has 0 aliphatic heterocycles. The summed E-state index contributed by atoms with van der Waals surface area (Å²) in [5, 5.41) is 4.38. The predicted molar refractivity (Wildman–Crippen MR) is 74.9 cm³/mol. The second kappa shape index (κ2) is 7.10. The molecule has 0 radical (unpaired) electrons. The summed E-state index contributed by atoms with van der Waals surface area (Å²) in [7, 11) is 0. The number of allylic oxidation sites excluding steroid dienone is 2. The summed E-state index contributed by atoms with van der Waals surface area (Å²) in [4.78, 5) is 0. The molecule has 2 heteroatoms. The molecule has 0 saturated carbocycles. The molecular weight excluding hydrogens is 208 g/mol. The maximum absolute atomic E-state index is 4.38. The zero-order valence-corrected chi connectivity index (χ0v) is 11.4. The quantitative estimate of drug-likeness (QED) is 0.500. The van der Waals surface area contributed by atoms with Crippen LogP contribution in [0, 0.1) is 13.8 Å². The standard InChI is InChI=1S/C15H24N2/c1-5-6-7-8-9-13(2)10-11-17-15(4)12-14(3)16-17/h10-12H,2,5-9H2,1,3-4H3/b11-10-. The number of unbranched alkanes of at least 4 members (excludes halogenated alkanes) is 3. The van der Waals surface area contributed by atoms with Crippen LogP contribution in [0.4, 0.5) is 0 Å². The van der Waals surface area contributed by atoms with Crippen molar-refractivity contribution in [3.63, 3.8) is 0 Å². The van der Waals surface area contributed by atoms with Crippen molar-refractivity contribution in [2.45, 2.75) is 52.9 Å². The Labute approximate surface area is 105 Å². The molecule has 0 fully saturated rings. The molecule has 1 aromatic rings. The van der Waals surface area contributed by atoms with E-state index in [0.29, 0.717) is 0 Å². The van der Waals surface area contributed by atoms with Crippen molar-refractivity contribution >= 4 is 6.20 Å². The van der Waals surface area contributed by atoms with E-state index in [9.17, 15) is 0 Å². The highest BCUT2D eigenvalue weighted by molar-refractivity contribution is 5.33. The number of aryl methyl sites for hydroxylation is 2. The third kappa shape index (κ3) is 5.03. The van der Waals surface area contributed by atoms with Gasteiger partial charge < -0.3 is 0 Å². The molecule has 0 unspecified atom stereocenters. The molecule has 0 amide bonds. The molecule has 0 aliphatic carbocycles. The fourth-order valence-corrected chi connectivity index (χ4v) is 1.84. The second-order valence-electron chi connectivity index (χ2n) is 4.66. The van der Waals surface area contributed by atoms with Crippen molar-refractivity contribution in [2.75, 3.05) is 0 Å². The van der Waals surface area contributed by atoms with Crippen LogP contribution in [-0.2, 0) is 0 Å². The highest BCUT2D eigenvalue weighted by Gasteiger charge is 1.96. The van der Waals surface area contributed by atoms with Gasteiger partial charge in [0.25, 0.3) is 0 Å². The largest absolute Gasteiger partial charge is 0.245 e. The summed E-state index contributed by atoms with van der Waals surface area (Å²) < 4.78 is 1.91. The second-order valence-corrected chi connectivity index (χ2v) is 4.66. The lowest BCUT2D eigenvalue weighted by Crippen LogP contribution is -1.92. The van der Waals surface area contributed by atoms with E-state index in [4.69, 9.17) is 0 Å². The first-order valence-corrected chi connectivity index (χ1v) is 6.52. The average Bonchev–Trinajstić information content (AvgIpc) is 2.61. The summed E-state index contributed by atoms with van der Waals surface area (Å²) in [6.45, 7) is 10.4. The van der Waals surface area contributed by atoms with Gasteiger partial charge in [0.15, 0.2) is 0 Å². The molecule has 0 saturated heterocycles. The Bertz CT molecular complexity index is 386. The first-order chi connectivity index (χ1) is 8.13. The molecular formula is C15H24N2. The summed E-state index contributed by atoms with van der Waals surface area (Å²) in [6.07, 6.45) is 10.3. The van der Waals surface area contributed by atoms with Gasteiger partial charge in [-0.2, -0.15) is 5.10 Å². The van der Waals surface area contributed by atoms with Gasteiger partial charge >= 0.3 is 0 Å². The summed E-state index contributed by atoms with van der Waals surface area (Å²) >= 11 is 0. The van der Waals surface area contributed by atoms with E-state index in [1.54, 1.807) is 0 Å². The Balaban J connectivity index is 2.37. The molecule has 0 spiro atoms. The van der Waals surface area contributed by atoms with Crippen molar-refractivity contribution in [2.24, 2.45) is 0 Å². The Morgan fingerprint density at radius 2 is 2.12 bits per heavy atom. The van der Waals surface area contributed by atoms with Crippen LogP contribution in [0.2, 0.25) is 0 Å². The van der Waals surface area contributed by atoms with Crippen molar-refractivity contribution in [1.29, 1.82) is 0 Å². The molecule has 94 valence electrons. The normalized spacial score (nSPS) is 11.2. The van der Waals surface area contributed by atoms with Crippen LogP contribution in [-0.4, -0.2) is 9.78 Å². The van der Waals surface area contributed by atoms with Crippen LogP contribution in [0.3, 0.4) is 0 Å². The minimum atomic E-state index is 1.06. The molecule has 2 nitrogen and oxygen atoms in total. The van der Waals surface area contributed by atoms with Crippen LogP contribution < -0.4 is 0 Å². The lowest BCUT2D eigenvalue weighted by atomic mass is 10.1. The molecule has 1 heterocycles. The third-order valence-electron chi connectivity index (χ3n) is 2.85. The number of hydrogen-bond donors (Lipinski definition) is 0. The lowest BCUT2D eigenvalue weighted by molar-refractivity contribution is 0.668. The Morgan fingerprint density at radius 3 is 2.71 bits per heavy atom. The van der Waals surface area contributed by atoms with Gasteiger partial charge in [-0.05, 0) is 38.8 Å². The van der Waals surface area contributed by atoms with E-state index in [1.807, 2.05) is 17.8 Å². The minimum Gasteiger partial charge on any atom is -0.245 e. The van der Waals surface area contributed by atoms with Crippen molar-refractivity contribution in [3.05, 3.63) is 35.7 Å². The number of nitrogens with zero attached hydrogens (tertiary/aromatic N) is 2. The van der Waals surface area contributed by atoms with E-state index >= 15 is 0 Å². The van der Waals surface area contributed by atoms with Crippen LogP contribution >= 0.6 is 0 Å². The molecule has 0 aliphatic rings. The zero-order chi connectivity index (χ0) is 12.7. The van der Waals surface area contributed by atoms with Gasteiger partial charge in [-0.1, -0.05) is 38.3 Å². The van der Waals surface area contributed by atoms with Gasteiger partial charge in [0.1, 0.15) is 0 Å². The highest BCUT2D eigenvalue weighted by Crippen LogP contribution is 2.10. The van der Waals surface area contributed by atoms with Crippen LogP contribution in [0.25, 0.3) is 6.20 Å². The van der Waals surface area contributed by atoms with E-state index in [-0.39, 0.29) is 0 Å². The van der Waals surface area contributed by atoms with Gasteiger partial charge in [0.2, 0.25) is 0 Å². The number of hydrogen-bond acceptors (Lipinski definition) is 1. The SMILES string of the molecule is C=C(/C=C\n1nc(C)cc1C)CCCCCC. The van der Waals surface area contributed by atoms with E-state index in [1.165, 1.54) is 31.3 Å². The zero-order valence-electron chi connectivity index (χ0n) is 11.4. The van der Waals surface area contributed by atoms with Gasteiger partial charge in [0.05, 0.1) is 5.69 Å². The maximum Gasteiger partial charge on any atom is 0.0600 e. The molecule has 1 rings (SSSR count). The Kier molecular flexibility index (Phi) is 5.75. The molecule has 0 atom stereocenters. The van der Waals surface area contributed by atoms with E-state index in [2.05, 4.69) is 37.7 Å². The van der Waals surface area contributed by atoms with E-state index < -0.39 is 0 Å². The van der Waals surface area contributed by atoms with Crippen molar-refractivity contribution in [1.82, 2.24) is 9.78 Å². The van der Waals surface area contributed by atoms with Crippen LogP contribution in [0.15, 0.2) is 24.3 Å². The first kappa shape index (κ1) is 13.8. The summed E-state index contributed by atoms with van der Waals surface area (Å²) in [5.74, 6) is 0. The minimum absolute atomic E-state index is 1.06. The number of rotatable bonds is 7. The monoisotopic (exact) mass is 232 g/mol. The third-order valence-corrected chi connectivity index (χ3v) is 2.85. The Morgan fingerprint density at radius 1 is 1.35 bits per heavy atom. The lowest BCUT2D eigenvalue weighted by Gasteiger charge is -2.00. The summed E-state index contributed by atoms with van der Waals surface area (Å²) in [5.41, 5.74) is 3.41. The maximum atomic E-state index is 4.38. The molecule has 0 aromatic carbocycles. The Hall–Kier alpha value is -1.31. The first-order valence-electron chi connectivity index (χ1n) is 6.52. The van der Waals surface area contributed by atoms with Gasteiger partial charge in [-0.15, -0.1) is 0 Å². The molecule has 17 heavy (non-hydrogen) atoms. The molecule has 0 bridgehead atoms. The van der Waals surface area contributed by atoms with Crippen LogP contribution in [0.1, 0.15) is 50.4 Å². The fraction of sp³-hybridized carbons (Fsp3) is 0.533. The summed E-state index contributed by atoms with van der Waals surface area (Å²) in [6, 6.07) is 2.08. The highest BCUT2D eigenvalue weighted by atomic mass is 15.3. The topological polar surface area (TPSA) is 17.8 Å². The van der Waals surface area contributed by atoms with Crippen molar-refractivity contribution < 1.29 is 0 Å². The van der Waals surface area contributed by atoms with E-state index in [0.717, 1.165) is 17.8 Å². The van der Waals surface area contributed by atoms with Crippen molar-refractivity contribution in [3.8, 4) is 0 Å².